The van der Waals surface area contributed by atoms with Gasteiger partial charge in [0.25, 0.3) is 0 Å². The molecule has 0 spiro atoms. The lowest BCUT2D eigenvalue weighted by Gasteiger charge is -2.29. The summed E-state index contributed by atoms with van der Waals surface area (Å²) in [4.78, 5) is 0. The summed E-state index contributed by atoms with van der Waals surface area (Å²) < 4.78 is 0. The molecule has 0 heterocycles. The van der Waals surface area contributed by atoms with Crippen molar-refractivity contribution in [3.63, 3.8) is 0 Å². The van der Waals surface area contributed by atoms with E-state index in [0.29, 0.717) is 5.92 Å². The van der Waals surface area contributed by atoms with Crippen molar-refractivity contribution < 1.29 is 5.11 Å². The topological polar surface area (TPSA) is 20.2 Å². The van der Waals surface area contributed by atoms with Crippen LogP contribution in [0.25, 0.3) is 0 Å². The van der Waals surface area contributed by atoms with Gasteiger partial charge in [-0.05, 0) is 65.8 Å². The fraction of sp³-hybridized carbons (Fsp3) is 0.400. The average Bonchev–Trinajstić information content (AvgIpc) is 2.92. The van der Waals surface area contributed by atoms with Crippen LogP contribution in [0.5, 0.6) is 0 Å². The summed E-state index contributed by atoms with van der Waals surface area (Å²) in [6, 6.07) is 15.0. The molecule has 1 heteroatoms. The van der Waals surface area contributed by atoms with Gasteiger partial charge >= 0.3 is 0 Å². The monoisotopic (exact) mass is 278 g/mol. The zero-order chi connectivity index (χ0) is 14.2. The molecule has 0 aliphatic heterocycles. The highest BCUT2D eigenvalue weighted by atomic mass is 16.3. The number of aliphatic hydroxyl groups excluding tert-OH is 1. The average molecular weight is 278 g/mol. The van der Waals surface area contributed by atoms with E-state index in [-0.39, 0.29) is 0 Å². The van der Waals surface area contributed by atoms with Gasteiger partial charge in [-0.3, -0.25) is 0 Å². The molecule has 0 bridgehead atoms. The highest BCUT2D eigenvalue weighted by molar-refractivity contribution is 5.42. The molecular weight excluding hydrogens is 256 g/mol. The predicted molar refractivity (Wildman–Crippen MR) is 85.6 cm³/mol. The maximum Gasteiger partial charge on any atom is 0.104 e. The quantitative estimate of drug-likeness (QED) is 0.875. The molecule has 2 aromatic carbocycles. The molecule has 1 nitrogen and oxygen atoms in total. The largest absolute Gasteiger partial charge is 0.384 e. The fourth-order valence-electron chi connectivity index (χ4n) is 3.79. The first-order chi connectivity index (χ1) is 10.3. The summed E-state index contributed by atoms with van der Waals surface area (Å²) >= 11 is 0. The van der Waals surface area contributed by atoms with Crippen molar-refractivity contribution in [2.45, 2.75) is 50.5 Å². The Labute approximate surface area is 126 Å². The molecule has 0 saturated heterocycles. The van der Waals surface area contributed by atoms with Crippen molar-refractivity contribution in [2.24, 2.45) is 0 Å². The minimum absolute atomic E-state index is 0.479. The number of rotatable bonds is 3. The number of hydrogen-bond acceptors (Lipinski definition) is 1. The van der Waals surface area contributed by atoms with Crippen LogP contribution < -0.4 is 0 Å². The number of fused-ring (bicyclic) bond motifs is 1. The third kappa shape index (κ3) is 2.30. The van der Waals surface area contributed by atoms with Gasteiger partial charge in [-0.15, -0.1) is 0 Å². The number of aliphatic hydroxyl groups is 1. The van der Waals surface area contributed by atoms with Crippen LogP contribution in [-0.2, 0) is 12.8 Å². The fourth-order valence-corrected chi connectivity index (χ4v) is 3.79. The molecule has 0 aromatic heterocycles. The molecule has 1 saturated carbocycles. The van der Waals surface area contributed by atoms with Crippen molar-refractivity contribution >= 4 is 0 Å². The van der Waals surface area contributed by atoms with Crippen LogP contribution in [0.2, 0.25) is 0 Å². The Morgan fingerprint density at radius 2 is 1.71 bits per heavy atom. The normalized spacial score (nSPS) is 19.1. The Balaban J connectivity index is 1.69. The first kappa shape index (κ1) is 13.1. The molecule has 21 heavy (non-hydrogen) atoms. The van der Waals surface area contributed by atoms with Crippen molar-refractivity contribution in [1.82, 2.24) is 0 Å². The summed E-state index contributed by atoms with van der Waals surface area (Å²) in [5, 5.41) is 10.9. The summed E-state index contributed by atoms with van der Waals surface area (Å²) in [7, 11) is 0. The van der Waals surface area contributed by atoms with Crippen LogP contribution >= 0.6 is 0 Å². The van der Waals surface area contributed by atoms with Gasteiger partial charge < -0.3 is 5.11 Å². The zero-order valence-corrected chi connectivity index (χ0v) is 12.4. The van der Waals surface area contributed by atoms with E-state index in [1.807, 2.05) is 6.07 Å². The van der Waals surface area contributed by atoms with E-state index in [1.54, 1.807) is 0 Å². The SMILES string of the molecule is OC(c1ccc2c(c1)CCC2)c1ccccc1C1CCC1. The number of benzene rings is 2. The lowest BCUT2D eigenvalue weighted by molar-refractivity contribution is 0.217. The molecule has 0 amide bonds. The van der Waals surface area contributed by atoms with E-state index in [0.717, 1.165) is 11.1 Å². The molecule has 108 valence electrons. The standard InChI is InChI=1S/C20H22O/c21-20(17-12-11-14-5-3-8-16(14)13-17)19-10-2-1-9-18(19)15-6-4-7-15/h1-2,9-13,15,20-21H,3-8H2. The third-order valence-electron chi connectivity index (χ3n) is 5.27. The molecule has 4 rings (SSSR count). The van der Waals surface area contributed by atoms with Gasteiger partial charge in [0.15, 0.2) is 0 Å². The molecule has 0 radical (unpaired) electrons. The van der Waals surface area contributed by atoms with Crippen LogP contribution in [0.15, 0.2) is 42.5 Å². The van der Waals surface area contributed by atoms with Gasteiger partial charge in [-0.2, -0.15) is 0 Å². The van der Waals surface area contributed by atoms with Gasteiger partial charge in [-0.25, -0.2) is 0 Å². The van der Waals surface area contributed by atoms with Crippen LogP contribution in [-0.4, -0.2) is 5.11 Å². The zero-order valence-electron chi connectivity index (χ0n) is 12.4. The summed E-state index contributed by atoms with van der Waals surface area (Å²) in [6.45, 7) is 0. The number of aryl methyl sites for hydroxylation is 2. The summed E-state index contributed by atoms with van der Waals surface area (Å²) in [5.74, 6) is 0.658. The van der Waals surface area contributed by atoms with Crippen LogP contribution in [0.1, 0.15) is 65.5 Å². The number of hydrogen-bond donors (Lipinski definition) is 1. The van der Waals surface area contributed by atoms with Crippen molar-refractivity contribution in [3.05, 3.63) is 70.3 Å². The Morgan fingerprint density at radius 3 is 2.52 bits per heavy atom. The van der Waals surface area contributed by atoms with E-state index >= 15 is 0 Å². The van der Waals surface area contributed by atoms with Crippen LogP contribution in [0.4, 0.5) is 0 Å². The molecule has 1 unspecified atom stereocenters. The molecule has 1 fully saturated rings. The van der Waals surface area contributed by atoms with Gasteiger partial charge in [0, 0.05) is 0 Å². The second kappa shape index (κ2) is 5.31. The van der Waals surface area contributed by atoms with Crippen molar-refractivity contribution in [2.75, 3.05) is 0 Å². The Bertz CT molecular complexity index is 655. The van der Waals surface area contributed by atoms with Crippen molar-refractivity contribution in [3.8, 4) is 0 Å². The highest BCUT2D eigenvalue weighted by Gasteiger charge is 2.25. The van der Waals surface area contributed by atoms with Gasteiger partial charge in [0.1, 0.15) is 6.10 Å². The maximum atomic E-state index is 10.9. The molecule has 2 aromatic rings. The van der Waals surface area contributed by atoms with Gasteiger partial charge in [0.05, 0.1) is 0 Å². The second-order valence-corrected chi connectivity index (χ2v) is 6.54. The van der Waals surface area contributed by atoms with E-state index in [1.165, 1.54) is 55.2 Å². The van der Waals surface area contributed by atoms with E-state index < -0.39 is 6.10 Å². The lowest BCUT2D eigenvalue weighted by Crippen LogP contribution is -2.13. The lowest BCUT2D eigenvalue weighted by atomic mass is 9.77. The van der Waals surface area contributed by atoms with Crippen molar-refractivity contribution in [1.29, 1.82) is 0 Å². The first-order valence-electron chi connectivity index (χ1n) is 8.21. The minimum atomic E-state index is -0.479. The second-order valence-electron chi connectivity index (χ2n) is 6.54. The predicted octanol–water partition coefficient (Wildman–Crippen LogP) is 4.52. The van der Waals surface area contributed by atoms with Crippen LogP contribution in [0, 0.1) is 0 Å². The van der Waals surface area contributed by atoms with Gasteiger partial charge in [0.2, 0.25) is 0 Å². The van der Waals surface area contributed by atoms with E-state index in [9.17, 15) is 5.11 Å². The Kier molecular flexibility index (Phi) is 3.31. The molecular formula is C20H22O. The maximum absolute atomic E-state index is 10.9. The molecule has 1 N–H and O–H groups in total. The van der Waals surface area contributed by atoms with Gasteiger partial charge in [-0.1, -0.05) is 48.9 Å². The van der Waals surface area contributed by atoms with E-state index in [2.05, 4.69) is 36.4 Å². The molecule has 2 aliphatic rings. The summed E-state index contributed by atoms with van der Waals surface area (Å²) in [5.41, 5.74) is 6.44. The first-order valence-corrected chi connectivity index (χ1v) is 8.21. The molecule has 2 aliphatic carbocycles. The Hall–Kier alpha value is -1.60. The smallest absolute Gasteiger partial charge is 0.104 e. The minimum Gasteiger partial charge on any atom is -0.384 e. The summed E-state index contributed by atoms with van der Waals surface area (Å²) in [6.07, 6.45) is 7.01. The molecule has 1 atom stereocenters. The highest BCUT2D eigenvalue weighted by Crippen LogP contribution is 2.40. The van der Waals surface area contributed by atoms with Crippen LogP contribution in [0.3, 0.4) is 0 Å². The van der Waals surface area contributed by atoms with E-state index in [4.69, 9.17) is 0 Å². The Morgan fingerprint density at radius 1 is 0.905 bits per heavy atom. The third-order valence-corrected chi connectivity index (χ3v) is 5.27.